The molecule has 1 aliphatic rings. The third-order valence-electron chi connectivity index (χ3n) is 6.14. The van der Waals surface area contributed by atoms with Crippen LogP contribution in [0.1, 0.15) is 24.0 Å². The second-order valence-corrected chi connectivity index (χ2v) is 12.0. The molecule has 0 spiro atoms. The van der Waals surface area contributed by atoms with Crippen molar-refractivity contribution in [2.45, 2.75) is 26.1 Å². The molecule has 0 aliphatic heterocycles. The lowest BCUT2D eigenvalue weighted by Crippen LogP contribution is -2.65. The molecule has 1 aliphatic carbocycles. The summed E-state index contributed by atoms with van der Waals surface area (Å²) >= 11 is 0. The number of hydrogen-bond donors (Lipinski definition) is 0. The first kappa shape index (κ1) is 27.8. The van der Waals surface area contributed by atoms with Gasteiger partial charge in [-0.1, -0.05) is 60.7 Å². The highest BCUT2D eigenvalue weighted by atomic mass is 32.2. The van der Waals surface area contributed by atoms with E-state index < -0.39 is 56.2 Å². The van der Waals surface area contributed by atoms with Gasteiger partial charge in [0.05, 0.1) is 25.7 Å². The minimum Gasteiger partial charge on any atom is -0.460 e. The zero-order valence-electron chi connectivity index (χ0n) is 19.9. The Labute approximate surface area is 210 Å². The van der Waals surface area contributed by atoms with Gasteiger partial charge in [-0.05, 0) is 24.0 Å². The van der Waals surface area contributed by atoms with E-state index in [0.29, 0.717) is 11.1 Å². The van der Waals surface area contributed by atoms with Crippen molar-refractivity contribution >= 4 is 32.2 Å². The summed E-state index contributed by atoms with van der Waals surface area (Å²) < 4.78 is 68.1. The van der Waals surface area contributed by atoms with E-state index in [-0.39, 0.29) is 26.1 Å². The zero-order valence-corrected chi connectivity index (χ0v) is 21.5. The van der Waals surface area contributed by atoms with E-state index in [1.807, 2.05) is 0 Å². The molecule has 2 unspecified atom stereocenters. The van der Waals surface area contributed by atoms with Gasteiger partial charge in [-0.3, -0.25) is 18.0 Å². The minimum absolute atomic E-state index is 0.0102. The number of carbonyl (C=O) groups excluding carboxylic acids is 2. The molecule has 10 nitrogen and oxygen atoms in total. The monoisotopic (exact) mass is 540 g/mol. The predicted molar refractivity (Wildman–Crippen MR) is 128 cm³/mol. The van der Waals surface area contributed by atoms with E-state index in [2.05, 4.69) is 0 Å². The van der Waals surface area contributed by atoms with Gasteiger partial charge in [0.2, 0.25) is 0 Å². The number of esters is 2. The standard InChI is InChI=1S/C24H28O10S2/c1-35(27,28)33-17-23(21(25)31-15-19-9-5-3-6-10-19)13-14-24(23,18-34-36(2,29)30)22(26)32-16-20-11-7-4-8-12-20/h3-12H,13-18H2,1-2H3. The molecule has 0 aromatic heterocycles. The lowest BCUT2D eigenvalue weighted by Gasteiger charge is -2.54. The second-order valence-electron chi connectivity index (χ2n) is 8.72. The molecule has 0 N–H and O–H groups in total. The Morgan fingerprint density at radius 1 is 0.667 bits per heavy atom. The Morgan fingerprint density at radius 2 is 1.00 bits per heavy atom. The number of rotatable bonds is 12. The highest BCUT2D eigenvalue weighted by molar-refractivity contribution is 7.86. The molecule has 36 heavy (non-hydrogen) atoms. The van der Waals surface area contributed by atoms with Crippen molar-refractivity contribution in [1.29, 1.82) is 0 Å². The molecule has 0 saturated heterocycles. The largest absolute Gasteiger partial charge is 0.460 e. The molecular formula is C24H28O10S2. The fourth-order valence-electron chi connectivity index (χ4n) is 4.00. The molecule has 1 fully saturated rings. The first-order valence-electron chi connectivity index (χ1n) is 11.0. The van der Waals surface area contributed by atoms with Crippen LogP contribution in [-0.4, -0.2) is 54.5 Å². The molecular weight excluding hydrogens is 512 g/mol. The molecule has 1 saturated carbocycles. The van der Waals surface area contributed by atoms with Crippen LogP contribution in [0.25, 0.3) is 0 Å². The molecule has 2 aromatic rings. The van der Waals surface area contributed by atoms with Crippen LogP contribution in [0.15, 0.2) is 60.7 Å². The first-order valence-corrected chi connectivity index (χ1v) is 14.6. The van der Waals surface area contributed by atoms with Crippen molar-refractivity contribution in [1.82, 2.24) is 0 Å². The van der Waals surface area contributed by atoms with Crippen LogP contribution in [0.2, 0.25) is 0 Å². The number of hydrogen-bond acceptors (Lipinski definition) is 10. The number of ether oxygens (including phenoxy) is 2. The summed E-state index contributed by atoms with van der Waals surface area (Å²) in [6.45, 7) is -1.79. The van der Waals surface area contributed by atoms with E-state index in [0.717, 1.165) is 12.5 Å². The molecule has 3 rings (SSSR count). The van der Waals surface area contributed by atoms with Gasteiger partial charge < -0.3 is 9.47 Å². The van der Waals surface area contributed by atoms with E-state index in [1.54, 1.807) is 60.7 Å². The van der Waals surface area contributed by atoms with Crippen molar-refractivity contribution in [3.05, 3.63) is 71.8 Å². The van der Waals surface area contributed by atoms with Crippen molar-refractivity contribution < 1.29 is 44.3 Å². The molecule has 196 valence electrons. The topological polar surface area (TPSA) is 139 Å². The van der Waals surface area contributed by atoms with E-state index in [9.17, 15) is 26.4 Å². The van der Waals surface area contributed by atoms with Gasteiger partial charge in [0.1, 0.15) is 24.0 Å². The van der Waals surface area contributed by atoms with Gasteiger partial charge in [-0.25, -0.2) is 0 Å². The van der Waals surface area contributed by atoms with Crippen molar-refractivity contribution in [3.63, 3.8) is 0 Å². The van der Waals surface area contributed by atoms with Gasteiger partial charge in [-0.15, -0.1) is 0 Å². The average molecular weight is 541 g/mol. The summed E-state index contributed by atoms with van der Waals surface area (Å²) in [5.74, 6) is -1.84. The smallest absolute Gasteiger partial charge is 0.316 e. The highest BCUT2D eigenvalue weighted by Gasteiger charge is 2.70. The minimum atomic E-state index is -4.03. The molecule has 0 amide bonds. The summed E-state index contributed by atoms with van der Waals surface area (Å²) in [6.07, 6.45) is 1.58. The Bertz CT molecular complexity index is 1180. The van der Waals surface area contributed by atoms with E-state index in [4.69, 9.17) is 17.8 Å². The molecule has 2 aromatic carbocycles. The molecule has 0 heterocycles. The van der Waals surface area contributed by atoms with Gasteiger partial charge >= 0.3 is 11.9 Å². The van der Waals surface area contributed by atoms with Gasteiger partial charge in [0.15, 0.2) is 0 Å². The lowest BCUT2D eigenvalue weighted by atomic mass is 9.49. The number of carbonyl (C=O) groups is 2. The Morgan fingerprint density at radius 3 is 1.28 bits per heavy atom. The summed E-state index contributed by atoms with van der Waals surface area (Å²) in [5.41, 5.74) is -2.39. The normalized spacial score (nSPS) is 21.8. The van der Waals surface area contributed by atoms with Crippen LogP contribution < -0.4 is 0 Å². The fourth-order valence-corrected chi connectivity index (χ4v) is 4.83. The van der Waals surface area contributed by atoms with Crippen LogP contribution in [0, 0.1) is 10.8 Å². The maximum atomic E-state index is 13.4. The van der Waals surface area contributed by atoms with E-state index >= 15 is 0 Å². The van der Waals surface area contributed by atoms with Crippen molar-refractivity contribution in [2.24, 2.45) is 10.8 Å². The molecule has 12 heteroatoms. The summed E-state index contributed by atoms with van der Waals surface area (Å²) in [4.78, 5) is 26.9. The molecule has 0 bridgehead atoms. The lowest BCUT2D eigenvalue weighted by molar-refractivity contribution is -0.211. The summed E-state index contributed by atoms with van der Waals surface area (Å²) in [6, 6.07) is 17.5. The molecule has 0 radical (unpaired) electrons. The van der Waals surface area contributed by atoms with Crippen LogP contribution >= 0.6 is 0 Å². The van der Waals surface area contributed by atoms with Crippen LogP contribution in [-0.2, 0) is 60.9 Å². The Balaban J connectivity index is 1.94. The third kappa shape index (κ3) is 6.69. The van der Waals surface area contributed by atoms with Gasteiger partial charge in [-0.2, -0.15) is 16.8 Å². The fraction of sp³-hybridized carbons (Fsp3) is 0.417. The van der Waals surface area contributed by atoms with Crippen LogP contribution in [0.4, 0.5) is 0 Å². The average Bonchev–Trinajstić information content (AvgIpc) is 2.81. The first-order chi connectivity index (χ1) is 16.9. The Hall–Kier alpha value is -2.80. The summed E-state index contributed by atoms with van der Waals surface area (Å²) in [5, 5.41) is 0. The predicted octanol–water partition coefficient (Wildman–Crippen LogP) is 2.19. The second kappa shape index (κ2) is 11.1. The van der Waals surface area contributed by atoms with E-state index in [1.165, 1.54) is 0 Å². The summed E-state index contributed by atoms with van der Waals surface area (Å²) in [7, 11) is -8.06. The van der Waals surface area contributed by atoms with Gasteiger partial charge in [0, 0.05) is 0 Å². The van der Waals surface area contributed by atoms with Crippen LogP contribution in [0.3, 0.4) is 0 Å². The SMILES string of the molecule is CS(=O)(=O)OCC1(C(=O)OCc2ccccc2)CCC1(COS(C)(=O)=O)C(=O)OCc1ccccc1. The third-order valence-corrected chi connectivity index (χ3v) is 7.23. The van der Waals surface area contributed by atoms with Gasteiger partial charge in [0.25, 0.3) is 20.2 Å². The Kier molecular flexibility index (Phi) is 8.55. The number of benzene rings is 2. The highest BCUT2D eigenvalue weighted by Crippen LogP contribution is 2.59. The maximum Gasteiger partial charge on any atom is 0.316 e. The van der Waals surface area contributed by atoms with Crippen LogP contribution in [0.5, 0.6) is 0 Å². The maximum absolute atomic E-state index is 13.4. The quantitative estimate of drug-likeness (QED) is 0.291. The van der Waals surface area contributed by atoms with Crippen molar-refractivity contribution in [3.8, 4) is 0 Å². The zero-order chi connectivity index (χ0) is 26.5. The van der Waals surface area contributed by atoms with Crippen molar-refractivity contribution in [2.75, 3.05) is 25.7 Å². The molecule has 2 atom stereocenters.